The number of carbonyl (C=O) groups is 1. The smallest absolute Gasteiger partial charge is 0.307 e. The quantitative estimate of drug-likeness (QED) is 0.913. The van der Waals surface area contributed by atoms with Crippen molar-refractivity contribution in [3.05, 3.63) is 53.6 Å². The molecule has 0 aliphatic carbocycles. The monoisotopic (exact) mass is 256 g/mol. The number of carboxylic acids is 1. The normalized spacial score (nSPS) is 10.2. The molecule has 0 aliphatic rings. The Morgan fingerprint density at radius 3 is 2.47 bits per heavy atom. The van der Waals surface area contributed by atoms with Crippen molar-refractivity contribution < 1.29 is 14.6 Å². The highest BCUT2D eigenvalue weighted by Crippen LogP contribution is 2.31. The van der Waals surface area contributed by atoms with Crippen molar-refractivity contribution in [1.29, 1.82) is 0 Å². The van der Waals surface area contributed by atoms with E-state index in [1.165, 1.54) is 0 Å². The van der Waals surface area contributed by atoms with Crippen LogP contribution in [-0.4, -0.2) is 18.2 Å². The average Bonchev–Trinajstić information content (AvgIpc) is 2.39. The minimum absolute atomic E-state index is 0.0287. The number of carboxylic acid groups (broad SMARTS) is 1. The van der Waals surface area contributed by atoms with Gasteiger partial charge in [-0.25, -0.2) is 0 Å². The highest BCUT2D eigenvalue weighted by Gasteiger charge is 2.12. The van der Waals surface area contributed by atoms with Crippen molar-refractivity contribution in [1.82, 2.24) is 0 Å². The number of methoxy groups -OCH3 is 1. The Kier molecular flexibility index (Phi) is 3.85. The lowest BCUT2D eigenvalue weighted by molar-refractivity contribution is -0.136. The molecule has 2 aromatic rings. The van der Waals surface area contributed by atoms with Gasteiger partial charge in [0.2, 0.25) is 0 Å². The zero-order chi connectivity index (χ0) is 13.8. The number of aliphatic carboxylic acids is 1. The second-order valence-corrected chi connectivity index (χ2v) is 4.42. The Labute approximate surface area is 112 Å². The number of benzene rings is 2. The van der Waals surface area contributed by atoms with E-state index < -0.39 is 5.97 Å². The van der Waals surface area contributed by atoms with Crippen LogP contribution in [0.1, 0.15) is 11.1 Å². The van der Waals surface area contributed by atoms with Gasteiger partial charge in [0, 0.05) is 5.56 Å². The van der Waals surface area contributed by atoms with Gasteiger partial charge in [0.1, 0.15) is 5.75 Å². The number of hydrogen-bond acceptors (Lipinski definition) is 2. The van der Waals surface area contributed by atoms with Crippen LogP contribution in [0.25, 0.3) is 11.1 Å². The van der Waals surface area contributed by atoms with Crippen LogP contribution in [-0.2, 0) is 11.2 Å². The topological polar surface area (TPSA) is 46.5 Å². The molecule has 0 atom stereocenters. The fourth-order valence-corrected chi connectivity index (χ4v) is 2.17. The second kappa shape index (κ2) is 5.57. The van der Waals surface area contributed by atoms with Gasteiger partial charge in [0.25, 0.3) is 0 Å². The maximum absolute atomic E-state index is 10.8. The summed E-state index contributed by atoms with van der Waals surface area (Å²) in [5.41, 5.74) is 3.90. The van der Waals surface area contributed by atoms with Crippen LogP contribution in [0.2, 0.25) is 0 Å². The molecule has 0 radical (unpaired) electrons. The van der Waals surface area contributed by atoms with Crippen molar-refractivity contribution in [2.75, 3.05) is 7.11 Å². The molecule has 0 heterocycles. The number of rotatable bonds is 4. The minimum atomic E-state index is -0.856. The van der Waals surface area contributed by atoms with Gasteiger partial charge < -0.3 is 9.84 Å². The van der Waals surface area contributed by atoms with Crippen molar-refractivity contribution >= 4 is 5.97 Å². The molecule has 0 aromatic heterocycles. The molecule has 0 bridgehead atoms. The van der Waals surface area contributed by atoms with Gasteiger partial charge in [-0.05, 0) is 29.7 Å². The van der Waals surface area contributed by atoms with Crippen LogP contribution in [0, 0.1) is 6.92 Å². The fraction of sp³-hybridized carbons (Fsp3) is 0.188. The van der Waals surface area contributed by atoms with Crippen LogP contribution in [0.5, 0.6) is 5.75 Å². The third-order valence-electron chi connectivity index (χ3n) is 3.05. The zero-order valence-electron chi connectivity index (χ0n) is 11.0. The summed E-state index contributed by atoms with van der Waals surface area (Å²) >= 11 is 0. The number of ether oxygens (including phenoxy) is 1. The van der Waals surface area contributed by atoms with Crippen molar-refractivity contribution in [2.24, 2.45) is 0 Å². The van der Waals surface area contributed by atoms with Crippen molar-refractivity contribution in [3.8, 4) is 16.9 Å². The molecule has 2 aromatic carbocycles. The van der Waals surface area contributed by atoms with Gasteiger partial charge in [-0.3, -0.25) is 4.79 Å². The largest absolute Gasteiger partial charge is 0.496 e. The van der Waals surface area contributed by atoms with E-state index in [4.69, 9.17) is 9.84 Å². The lowest BCUT2D eigenvalue weighted by Gasteiger charge is -2.13. The van der Waals surface area contributed by atoms with E-state index in [2.05, 4.69) is 0 Å². The van der Waals surface area contributed by atoms with Gasteiger partial charge in [-0.2, -0.15) is 0 Å². The summed E-state index contributed by atoms with van der Waals surface area (Å²) in [4.78, 5) is 10.8. The fourth-order valence-electron chi connectivity index (χ4n) is 2.17. The van der Waals surface area contributed by atoms with E-state index in [0.717, 1.165) is 16.7 Å². The molecule has 0 spiro atoms. The van der Waals surface area contributed by atoms with Gasteiger partial charge >= 0.3 is 5.97 Å². The first-order valence-corrected chi connectivity index (χ1v) is 6.06. The Hall–Kier alpha value is -2.29. The van der Waals surface area contributed by atoms with Crippen LogP contribution >= 0.6 is 0 Å². The lowest BCUT2D eigenvalue weighted by Crippen LogP contribution is -2.03. The molecule has 19 heavy (non-hydrogen) atoms. The first-order valence-electron chi connectivity index (χ1n) is 6.06. The van der Waals surface area contributed by atoms with Gasteiger partial charge in [-0.15, -0.1) is 0 Å². The van der Waals surface area contributed by atoms with E-state index in [1.54, 1.807) is 7.11 Å². The summed E-state index contributed by atoms with van der Waals surface area (Å²) in [6, 6.07) is 13.8. The third kappa shape index (κ3) is 2.94. The summed E-state index contributed by atoms with van der Waals surface area (Å²) in [6.07, 6.45) is -0.0287. The van der Waals surface area contributed by atoms with Gasteiger partial charge in [0.15, 0.2) is 0 Å². The molecule has 0 saturated heterocycles. The molecule has 2 rings (SSSR count). The molecule has 0 aliphatic heterocycles. The Morgan fingerprint density at radius 2 is 1.89 bits per heavy atom. The first kappa shape index (κ1) is 13.1. The predicted molar refractivity (Wildman–Crippen MR) is 74.5 cm³/mol. The van der Waals surface area contributed by atoms with Gasteiger partial charge in [0.05, 0.1) is 13.5 Å². The van der Waals surface area contributed by atoms with E-state index >= 15 is 0 Å². The van der Waals surface area contributed by atoms with Crippen LogP contribution in [0.4, 0.5) is 0 Å². The van der Waals surface area contributed by atoms with Gasteiger partial charge in [-0.1, -0.05) is 36.4 Å². The summed E-state index contributed by atoms with van der Waals surface area (Å²) in [7, 11) is 1.56. The number of aryl methyl sites for hydroxylation is 1. The summed E-state index contributed by atoms with van der Waals surface area (Å²) in [6.45, 7) is 1.98. The molecular formula is C16H16O3. The molecule has 3 nitrogen and oxygen atoms in total. The maximum atomic E-state index is 10.8. The molecule has 0 amide bonds. The molecule has 1 N–H and O–H groups in total. The van der Waals surface area contributed by atoms with E-state index in [0.29, 0.717) is 11.3 Å². The summed E-state index contributed by atoms with van der Waals surface area (Å²) < 4.78 is 5.30. The molecule has 3 heteroatoms. The second-order valence-electron chi connectivity index (χ2n) is 4.42. The van der Waals surface area contributed by atoms with Crippen LogP contribution < -0.4 is 4.74 Å². The van der Waals surface area contributed by atoms with Crippen LogP contribution in [0.3, 0.4) is 0 Å². The standard InChI is InChI=1S/C16H16O3/c1-11-8-13(9-16(17)18)15(19-2)10-14(11)12-6-4-3-5-7-12/h3-8,10H,9H2,1-2H3,(H,17,18). The Bertz CT molecular complexity index is 588. The van der Waals surface area contributed by atoms with E-state index in [-0.39, 0.29) is 6.42 Å². The summed E-state index contributed by atoms with van der Waals surface area (Å²) in [5, 5.41) is 8.91. The molecule has 0 fully saturated rings. The van der Waals surface area contributed by atoms with E-state index in [9.17, 15) is 4.79 Å². The predicted octanol–water partition coefficient (Wildman–Crippen LogP) is 3.30. The average molecular weight is 256 g/mol. The highest BCUT2D eigenvalue weighted by atomic mass is 16.5. The third-order valence-corrected chi connectivity index (χ3v) is 3.05. The molecule has 0 saturated carbocycles. The SMILES string of the molecule is COc1cc(-c2ccccc2)c(C)cc1CC(=O)O. The Morgan fingerprint density at radius 1 is 1.21 bits per heavy atom. The molecule has 0 unspecified atom stereocenters. The van der Waals surface area contributed by atoms with E-state index in [1.807, 2.05) is 49.4 Å². The Balaban J connectivity index is 2.50. The molecule has 98 valence electrons. The highest BCUT2D eigenvalue weighted by molar-refractivity contribution is 5.75. The van der Waals surface area contributed by atoms with Crippen LogP contribution in [0.15, 0.2) is 42.5 Å². The molecular weight excluding hydrogens is 240 g/mol. The van der Waals surface area contributed by atoms with Crippen molar-refractivity contribution in [2.45, 2.75) is 13.3 Å². The number of hydrogen-bond donors (Lipinski definition) is 1. The lowest BCUT2D eigenvalue weighted by atomic mass is 9.96. The first-order chi connectivity index (χ1) is 9.11. The minimum Gasteiger partial charge on any atom is -0.496 e. The van der Waals surface area contributed by atoms with Crippen molar-refractivity contribution in [3.63, 3.8) is 0 Å². The zero-order valence-corrected chi connectivity index (χ0v) is 11.0. The maximum Gasteiger partial charge on any atom is 0.307 e. The summed E-state index contributed by atoms with van der Waals surface area (Å²) in [5.74, 6) is -0.239.